The van der Waals surface area contributed by atoms with Gasteiger partial charge in [-0.3, -0.25) is 43.3 Å². The quantitative estimate of drug-likeness (QED) is 0.0219. The minimum atomic E-state index is -2.03. The van der Waals surface area contributed by atoms with Crippen molar-refractivity contribution >= 4 is 58.2 Å². The second-order valence-corrected chi connectivity index (χ2v) is 18.8. The van der Waals surface area contributed by atoms with Gasteiger partial charge >= 0.3 is 5.97 Å². The van der Waals surface area contributed by atoms with Gasteiger partial charge in [0.15, 0.2) is 5.60 Å². The molecule has 7 amide bonds. The molecule has 77 heavy (non-hydrogen) atoms. The summed E-state index contributed by atoms with van der Waals surface area (Å²) in [5, 5.41) is 33.3. The van der Waals surface area contributed by atoms with Gasteiger partial charge in [0.05, 0.1) is 87.3 Å². The fourth-order valence-electron chi connectivity index (χ4n) is 9.85. The lowest BCUT2D eigenvalue weighted by Crippen LogP contribution is -2.52. The van der Waals surface area contributed by atoms with Gasteiger partial charge in [0.2, 0.25) is 29.5 Å². The molecule has 2 aromatic carbocycles. The van der Waals surface area contributed by atoms with E-state index in [0.29, 0.717) is 52.1 Å². The van der Waals surface area contributed by atoms with E-state index in [9.17, 15) is 48.3 Å². The first kappa shape index (κ1) is 53.3. The number of aryl methyl sites for hydroxylation is 1. The average molecular weight is 1060 g/mol. The Bertz CT molecular complexity index is 3310. The number of ether oxygens (including phenoxy) is 3. The number of aliphatic hydroxyl groups is 1. The van der Waals surface area contributed by atoms with Crippen molar-refractivity contribution in [1.29, 1.82) is 0 Å². The van der Waals surface area contributed by atoms with Crippen LogP contribution in [0.4, 0.5) is 4.39 Å². The van der Waals surface area contributed by atoms with E-state index >= 15 is 4.39 Å². The lowest BCUT2D eigenvalue weighted by atomic mass is 9.81. The molecule has 9 rings (SSSR count). The summed E-state index contributed by atoms with van der Waals surface area (Å²) in [6.45, 7) is 1.40. The molecule has 0 saturated heterocycles. The lowest BCUT2D eigenvalue weighted by Gasteiger charge is -2.31. The number of amides is 7. The smallest absolute Gasteiger partial charge is 0.343 e. The van der Waals surface area contributed by atoms with Crippen LogP contribution in [0.15, 0.2) is 65.6 Å². The Morgan fingerprint density at radius 1 is 0.896 bits per heavy atom. The van der Waals surface area contributed by atoms with Crippen molar-refractivity contribution in [3.63, 3.8) is 0 Å². The van der Waals surface area contributed by atoms with Gasteiger partial charge in [0.25, 0.3) is 17.4 Å². The van der Waals surface area contributed by atoms with Gasteiger partial charge in [-0.05, 0) is 54.5 Å². The molecule has 1 unspecified atom stereocenters. The van der Waals surface area contributed by atoms with Gasteiger partial charge < -0.3 is 50.5 Å². The monoisotopic (exact) mass is 1060 g/mol. The summed E-state index contributed by atoms with van der Waals surface area (Å²) in [4.78, 5) is 120. The van der Waals surface area contributed by atoms with Crippen LogP contribution in [-0.2, 0) is 90.8 Å². The highest BCUT2D eigenvalue weighted by atomic mass is 19.1. The van der Waals surface area contributed by atoms with Crippen LogP contribution in [-0.4, -0.2) is 134 Å². The normalized spacial score (nSPS) is 17.3. The van der Waals surface area contributed by atoms with Gasteiger partial charge in [-0.25, -0.2) is 18.9 Å². The number of carbonyl (C=O) groups is 8. The highest BCUT2D eigenvalue weighted by molar-refractivity contribution is 6.12. The molecule has 0 fully saturated rings. The largest absolute Gasteiger partial charge is 0.458 e. The zero-order valence-electron chi connectivity index (χ0n) is 41.9. The van der Waals surface area contributed by atoms with Crippen molar-refractivity contribution in [1.82, 2.24) is 56.0 Å². The molecule has 0 spiro atoms. The van der Waals surface area contributed by atoms with Crippen molar-refractivity contribution in [3.05, 3.63) is 122 Å². The molecule has 24 nitrogen and oxygen atoms in total. The summed E-state index contributed by atoms with van der Waals surface area (Å²) in [6.07, 6.45) is 4.91. The second kappa shape index (κ2) is 22.7. The molecule has 1 aliphatic carbocycles. The first-order valence-corrected chi connectivity index (χ1v) is 24.9. The predicted molar refractivity (Wildman–Crippen MR) is 266 cm³/mol. The van der Waals surface area contributed by atoms with Crippen molar-refractivity contribution < 1.29 is 62.1 Å². The van der Waals surface area contributed by atoms with Crippen LogP contribution in [0.3, 0.4) is 0 Å². The molecule has 25 heteroatoms. The molecule has 402 valence electrons. The van der Waals surface area contributed by atoms with E-state index in [1.54, 1.807) is 61.1 Å². The first-order chi connectivity index (χ1) is 37.0. The van der Waals surface area contributed by atoms with Crippen LogP contribution < -0.4 is 32.1 Å². The number of nitrogens with one attached hydrogen (secondary N) is 5. The van der Waals surface area contributed by atoms with E-state index in [-0.39, 0.29) is 76.6 Å². The average Bonchev–Trinajstić information content (AvgIpc) is 4.28. The van der Waals surface area contributed by atoms with Crippen LogP contribution >= 0.6 is 0 Å². The summed E-state index contributed by atoms with van der Waals surface area (Å²) in [6, 6.07) is 10.2. The molecule has 6 N–H and O–H groups in total. The van der Waals surface area contributed by atoms with E-state index in [2.05, 4.69) is 36.9 Å². The van der Waals surface area contributed by atoms with Gasteiger partial charge in [0.1, 0.15) is 30.9 Å². The molecular formula is C52H54FN11O13. The Kier molecular flexibility index (Phi) is 15.7. The predicted octanol–water partition coefficient (Wildman–Crippen LogP) is -0.348. The van der Waals surface area contributed by atoms with Crippen LogP contribution in [0.2, 0.25) is 0 Å². The molecule has 3 atom stereocenters. The number of cyclic esters (lactones) is 1. The Morgan fingerprint density at radius 2 is 1.62 bits per heavy atom. The maximum absolute atomic E-state index is 15.5. The summed E-state index contributed by atoms with van der Waals surface area (Å²) in [7, 11) is 0. The van der Waals surface area contributed by atoms with Gasteiger partial charge in [0, 0.05) is 47.6 Å². The Balaban J connectivity index is 0.761. The third-order valence-corrected chi connectivity index (χ3v) is 13.9. The van der Waals surface area contributed by atoms with E-state index in [4.69, 9.17) is 19.2 Å². The Hall–Kier alpha value is -8.55. The molecule has 5 aromatic rings. The molecule has 6 heterocycles. The van der Waals surface area contributed by atoms with Crippen molar-refractivity contribution in [2.45, 2.75) is 83.4 Å². The van der Waals surface area contributed by atoms with Crippen molar-refractivity contribution in [2.75, 3.05) is 46.1 Å². The SMILES string of the molecule is CC[C@@]1(O)C(=O)OCc2c1cc1n(c2=O)Cc2c-1nc1cc(F)c(C)c3c1c2[C@@H](n1cc(COCNC(=O)CNC(=O)C(Cc2ccccc2)NC(=O)CNC(=O)CNC(=O)CCOCCN2C(=O)C=CC2=O)nn1)CC3. The molecule has 0 saturated carbocycles. The number of esters is 1. The van der Waals surface area contributed by atoms with E-state index < -0.39 is 96.0 Å². The number of imide groups is 1. The van der Waals surface area contributed by atoms with Gasteiger partial charge in [-0.1, -0.05) is 42.5 Å². The summed E-state index contributed by atoms with van der Waals surface area (Å²) in [5.74, 6) is -5.36. The summed E-state index contributed by atoms with van der Waals surface area (Å²) in [5.41, 5.74) is 2.98. The zero-order chi connectivity index (χ0) is 54.5. The number of pyridine rings is 2. The molecule has 4 aliphatic rings. The van der Waals surface area contributed by atoms with E-state index in [0.717, 1.165) is 33.6 Å². The number of halogens is 1. The molecule has 0 radical (unpaired) electrons. The molecular weight excluding hydrogens is 1010 g/mol. The van der Waals surface area contributed by atoms with E-state index in [1.807, 2.05) is 0 Å². The molecule has 3 aromatic heterocycles. The maximum Gasteiger partial charge on any atom is 0.343 e. The highest BCUT2D eigenvalue weighted by Gasteiger charge is 2.46. The summed E-state index contributed by atoms with van der Waals surface area (Å²) < 4.78 is 34.9. The minimum absolute atomic E-state index is 0.0256. The fraction of sp³-hybridized carbons (Fsp3) is 0.385. The van der Waals surface area contributed by atoms with Crippen molar-refractivity contribution in [2.24, 2.45) is 0 Å². The first-order valence-electron chi connectivity index (χ1n) is 24.9. The van der Waals surface area contributed by atoms with E-state index in [1.165, 1.54) is 10.6 Å². The minimum Gasteiger partial charge on any atom is -0.458 e. The Morgan fingerprint density at radius 3 is 2.39 bits per heavy atom. The number of hydrogen-bond acceptors (Lipinski definition) is 16. The van der Waals surface area contributed by atoms with Gasteiger partial charge in [-0.15, -0.1) is 5.10 Å². The third kappa shape index (κ3) is 11.2. The maximum atomic E-state index is 15.5. The summed E-state index contributed by atoms with van der Waals surface area (Å²) >= 11 is 0. The highest BCUT2D eigenvalue weighted by Crippen LogP contribution is 2.47. The number of fused-ring (bicyclic) bond motifs is 5. The standard InChI is InChI=1S/C52H54FN11O13/c1-3-52(74)34-18-39-48-32(24-63(39)50(72)33(34)26-77-51(52)73)47-38(10-9-31-28(2)35(53)19-36(59-48)46(31)47)64-23-30(60-61-64)25-76-27-57-42(67)21-56-49(71)37(17-29-7-5-4-6-8-29)58-43(68)22-55-41(66)20-54-40(65)13-15-75-16-14-62-44(69)11-12-45(62)70/h4-8,11-12,18-19,23,37-38,74H,3,9-10,13-17,20-22,24-27H2,1-2H3,(H,54,65)(H,55,66)(H,56,71)(H,57,67)(H,58,68)/t37?,38-,52-/m0/s1. The zero-order valence-corrected chi connectivity index (χ0v) is 41.9. The second-order valence-electron chi connectivity index (χ2n) is 18.8. The molecule has 3 aliphatic heterocycles. The molecule has 0 bridgehead atoms. The number of rotatable bonds is 22. The number of aromatic nitrogens is 5. The fourth-order valence-corrected chi connectivity index (χ4v) is 9.85. The number of nitrogens with zero attached hydrogens (tertiary/aromatic N) is 6. The number of benzene rings is 2. The number of carbonyl (C=O) groups excluding carboxylic acids is 8. The third-order valence-electron chi connectivity index (χ3n) is 13.9. The topological polar surface area (TPSA) is 313 Å². The lowest BCUT2D eigenvalue weighted by molar-refractivity contribution is -0.172. The van der Waals surface area contributed by atoms with Crippen LogP contribution in [0, 0.1) is 12.7 Å². The Labute approximate surface area is 437 Å². The van der Waals surface area contributed by atoms with Crippen LogP contribution in [0.1, 0.15) is 76.9 Å². The van der Waals surface area contributed by atoms with Gasteiger partial charge in [-0.2, -0.15) is 0 Å². The van der Waals surface area contributed by atoms with Crippen molar-refractivity contribution in [3.8, 4) is 11.4 Å². The van der Waals surface area contributed by atoms with Crippen LogP contribution in [0.5, 0.6) is 0 Å². The van der Waals surface area contributed by atoms with Crippen LogP contribution in [0.25, 0.3) is 22.3 Å². The number of hydrogen-bond donors (Lipinski definition) is 6.